The number of nitrogens with zero attached hydrogens (tertiary/aromatic N) is 3. The smallest absolute Gasteiger partial charge is 0.340 e. The van der Waals surface area contributed by atoms with Crippen molar-refractivity contribution in [1.29, 1.82) is 0 Å². The number of aromatic nitrogens is 1. The number of carboxylic acid groups (broad SMARTS) is 2. The van der Waals surface area contributed by atoms with Crippen molar-refractivity contribution >= 4 is 28.5 Å². The second-order valence-corrected chi connectivity index (χ2v) is 17.2. The number of likely N-dealkylation sites (N-methyl/N-ethyl adjacent to an activating group) is 1. The Morgan fingerprint density at radius 1 is 1.00 bits per heavy atom. The van der Waals surface area contributed by atoms with E-state index in [0.29, 0.717) is 87.5 Å². The molecule has 6 N–H and O–H groups in total. The van der Waals surface area contributed by atoms with E-state index in [2.05, 4.69) is 14.8 Å². The van der Waals surface area contributed by atoms with Crippen LogP contribution in [0.2, 0.25) is 0 Å². The molecule has 12 nitrogen and oxygen atoms in total. The summed E-state index contributed by atoms with van der Waals surface area (Å²) in [6.07, 6.45) is 4.98. The number of nitrogens with one attached hydrogen (secondary N) is 1. The maximum absolute atomic E-state index is 14.6. The molecule has 2 aromatic carbocycles. The largest absolute Gasteiger partial charge is 0.496 e. The van der Waals surface area contributed by atoms with Crippen molar-refractivity contribution < 1.29 is 39.9 Å². The first-order valence-electron chi connectivity index (χ1n) is 19.5. The van der Waals surface area contributed by atoms with E-state index in [-0.39, 0.29) is 18.4 Å². The van der Waals surface area contributed by atoms with Gasteiger partial charge in [-0.25, -0.2) is 4.79 Å². The number of hydrogen-bond donors (Lipinski definition) is 6. The Labute approximate surface area is 315 Å². The molecule has 2 saturated heterocycles. The van der Waals surface area contributed by atoms with Crippen LogP contribution in [0.3, 0.4) is 0 Å². The maximum atomic E-state index is 14.6. The third kappa shape index (κ3) is 4.26. The molecule has 3 aromatic rings. The summed E-state index contributed by atoms with van der Waals surface area (Å²) in [5, 5.41) is 60.3. The molecular formula is C42H52N4O8. The number of methoxy groups -OCH3 is 1. The lowest BCUT2D eigenvalue weighted by molar-refractivity contribution is -0.215. The number of ether oxygens (including phenoxy) is 1. The monoisotopic (exact) mass is 740 g/mol. The van der Waals surface area contributed by atoms with E-state index in [1.165, 1.54) is 7.11 Å². The van der Waals surface area contributed by atoms with Gasteiger partial charge < -0.3 is 40.2 Å². The van der Waals surface area contributed by atoms with Crippen LogP contribution in [0, 0.1) is 11.3 Å². The number of H-pyrrole nitrogens is 1. The summed E-state index contributed by atoms with van der Waals surface area (Å²) in [6, 6.07) is 10.3. The summed E-state index contributed by atoms with van der Waals surface area (Å²) in [5.41, 5.74) is -2.97. The van der Waals surface area contributed by atoms with E-state index in [0.717, 1.165) is 22.0 Å². The minimum absolute atomic E-state index is 0.177. The lowest BCUT2D eigenvalue weighted by atomic mass is 9.47. The Morgan fingerprint density at radius 3 is 2.48 bits per heavy atom. The SMILES string of the molecule is CC[C@]1(O)C[C@@H]2CN(CCc3c([nH]c4ccccc34)[C@@](C(=O)O)(c3cc4c(cc3OC)N(C)[C@H]3[C@@](O)(C(=O)O)[C@H](O)[C@]5(CC)C=CCN6CC[C@]43[C@@H]65)C2)C1. The van der Waals surface area contributed by atoms with E-state index >= 15 is 0 Å². The molecule has 0 radical (unpaired) electrons. The van der Waals surface area contributed by atoms with Crippen molar-refractivity contribution in [1.82, 2.24) is 14.8 Å². The molecule has 6 aliphatic rings. The number of rotatable bonds is 6. The van der Waals surface area contributed by atoms with E-state index in [1.54, 1.807) is 11.9 Å². The fourth-order valence-electron chi connectivity index (χ4n) is 12.9. The van der Waals surface area contributed by atoms with Gasteiger partial charge in [-0.05, 0) is 74.2 Å². The number of aliphatic hydroxyl groups is 3. The van der Waals surface area contributed by atoms with Crippen LogP contribution in [0.25, 0.3) is 10.9 Å². The number of para-hydroxylation sites is 1. The Morgan fingerprint density at radius 2 is 1.78 bits per heavy atom. The lowest BCUT2D eigenvalue weighted by Gasteiger charge is -2.62. The molecule has 12 heteroatoms. The molecule has 1 spiro atoms. The fraction of sp³-hybridized carbons (Fsp3) is 0.571. The van der Waals surface area contributed by atoms with Crippen LogP contribution < -0.4 is 9.64 Å². The summed E-state index contributed by atoms with van der Waals surface area (Å²) in [6.45, 7) is 7.00. The second kappa shape index (κ2) is 11.8. The van der Waals surface area contributed by atoms with Gasteiger partial charge in [-0.15, -0.1) is 0 Å². The van der Waals surface area contributed by atoms with Crippen LogP contribution in [0.15, 0.2) is 48.6 Å². The molecular weight excluding hydrogens is 688 g/mol. The third-order valence-corrected chi connectivity index (χ3v) is 15.0. The number of fused-ring (bicyclic) bond motifs is 6. The zero-order valence-electron chi connectivity index (χ0n) is 31.5. The molecule has 10 atom stereocenters. The average Bonchev–Trinajstić information content (AvgIpc) is 3.82. The van der Waals surface area contributed by atoms with Crippen molar-refractivity contribution in [2.75, 3.05) is 51.8 Å². The number of aliphatic carboxylic acids is 2. The first-order chi connectivity index (χ1) is 25.8. The molecule has 3 fully saturated rings. The molecule has 9 rings (SSSR count). The van der Waals surface area contributed by atoms with Crippen molar-refractivity contribution in [3.05, 3.63) is 70.9 Å². The van der Waals surface area contributed by atoms with Gasteiger partial charge in [0.25, 0.3) is 0 Å². The standard InChI is InChI=1S/C42H52N4O8/c1-5-38(52)20-24-21-41(36(48)49,32-26(12-16-45(22-24)23-38)25-10-7-8-11-29(25)43-32)28-18-27-30(19-31(28)54-4)44(3)34-40(27)14-17-46-15-9-13-39(6-2,33(40)46)35(47)42(34,53)37(50)51/h7-11,13,18-19,24,33-35,43,47,52-53H,5-6,12,14-17,20-23H2,1-4H3,(H,48,49)(H,50,51)/t24-,33-,34+,35+,38-,39+,40+,41-,42-/m0/s1. The van der Waals surface area contributed by atoms with Crippen LogP contribution in [0.1, 0.15) is 68.3 Å². The number of aromatic amines is 1. The van der Waals surface area contributed by atoms with Crippen LogP contribution >= 0.6 is 0 Å². The maximum Gasteiger partial charge on any atom is 0.340 e. The van der Waals surface area contributed by atoms with Gasteiger partial charge >= 0.3 is 11.9 Å². The van der Waals surface area contributed by atoms with E-state index in [1.807, 2.05) is 62.4 Å². The first kappa shape index (κ1) is 35.7. The van der Waals surface area contributed by atoms with Crippen LogP contribution in [0.4, 0.5) is 5.69 Å². The molecule has 2 bridgehead atoms. The zero-order valence-corrected chi connectivity index (χ0v) is 31.5. The van der Waals surface area contributed by atoms with Gasteiger partial charge in [0.05, 0.1) is 18.8 Å². The fourth-order valence-corrected chi connectivity index (χ4v) is 12.9. The molecule has 288 valence electrons. The Bertz CT molecular complexity index is 2100. The molecule has 5 aliphatic heterocycles. The summed E-state index contributed by atoms with van der Waals surface area (Å²) >= 11 is 0. The van der Waals surface area contributed by atoms with Gasteiger partial charge in [-0.3, -0.25) is 14.6 Å². The van der Waals surface area contributed by atoms with E-state index in [9.17, 15) is 35.1 Å². The summed E-state index contributed by atoms with van der Waals surface area (Å²) in [7, 11) is 3.30. The van der Waals surface area contributed by atoms with E-state index in [4.69, 9.17) is 4.74 Å². The van der Waals surface area contributed by atoms with Crippen LogP contribution in [-0.2, 0) is 26.8 Å². The molecule has 1 aliphatic carbocycles. The van der Waals surface area contributed by atoms with Gasteiger partial charge in [0.15, 0.2) is 0 Å². The molecule has 0 amide bonds. The highest BCUT2D eigenvalue weighted by Crippen LogP contribution is 2.67. The van der Waals surface area contributed by atoms with Crippen molar-refractivity contribution in [3.63, 3.8) is 0 Å². The Hall–Kier alpha value is -3.94. The average molecular weight is 741 g/mol. The highest BCUT2D eigenvalue weighted by atomic mass is 16.5. The normalized spacial score (nSPS) is 39.5. The summed E-state index contributed by atoms with van der Waals surface area (Å²) in [5.74, 6) is -2.35. The highest BCUT2D eigenvalue weighted by Gasteiger charge is 2.79. The highest BCUT2D eigenvalue weighted by molar-refractivity contribution is 5.94. The predicted octanol–water partition coefficient (Wildman–Crippen LogP) is 3.24. The number of anilines is 1. The number of piperidine rings is 1. The van der Waals surface area contributed by atoms with Crippen molar-refractivity contribution in [2.45, 2.75) is 92.6 Å². The second-order valence-electron chi connectivity index (χ2n) is 17.2. The predicted molar refractivity (Wildman–Crippen MR) is 202 cm³/mol. The number of benzene rings is 2. The Balaban J connectivity index is 1.35. The van der Waals surface area contributed by atoms with Crippen molar-refractivity contribution in [3.8, 4) is 5.75 Å². The number of hydrogen-bond acceptors (Lipinski definition) is 9. The third-order valence-electron chi connectivity index (χ3n) is 15.0. The van der Waals surface area contributed by atoms with Gasteiger partial charge in [-0.2, -0.15) is 0 Å². The van der Waals surface area contributed by atoms with Crippen molar-refractivity contribution in [2.24, 2.45) is 11.3 Å². The quantitative estimate of drug-likeness (QED) is 0.205. The summed E-state index contributed by atoms with van der Waals surface area (Å²) < 4.78 is 6.19. The molecule has 54 heavy (non-hydrogen) atoms. The molecule has 1 aromatic heterocycles. The zero-order chi connectivity index (χ0) is 38.2. The van der Waals surface area contributed by atoms with Gasteiger partial charge in [0.2, 0.25) is 5.60 Å². The van der Waals surface area contributed by atoms with Crippen LogP contribution in [-0.4, -0.2) is 129 Å². The minimum atomic E-state index is -2.55. The molecule has 6 heterocycles. The lowest BCUT2D eigenvalue weighted by Crippen LogP contribution is -2.80. The topological polar surface area (TPSA) is 170 Å². The number of aliphatic hydroxyl groups excluding tert-OH is 1. The van der Waals surface area contributed by atoms with Crippen LogP contribution in [0.5, 0.6) is 5.75 Å². The van der Waals surface area contributed by atoms with Gasteiger partial charge in [-0.1, -0.05) is 44.2 Å². The summed E-state index contributed by atoms with van der Waals surface area (Å²) in [4.78, 5) is 38.0. The molecule has 1 saturated carbocycles. The molecule has 1 unspecified atom stereocenters. The van der Waals surface area contributed by atoms with E-state index < -0.39 is 51.5 Å². The first-order valence-corrected chi connectivity index (χ1v) is 19.5. The van der Waals surface area contributed by atoms with Gasteiger partial charge in [0.1, 0.15) is 17.3 Å². The number of carbonyl (C=O) groups is 2. The van der Waals surface area contributed by atoms with Gasteiger partial charge in [0, 0.05) is 84.0 Å². The number of carboxylic acids is 2. The Kier molecular flexibility index (Phi) is 7.80. The minimum Gasteiger partial charge on any atom is -0.496 e.